The number of carbonyl (C=O) groups is 2. The van der Waals surface area contributed by atoms with E-state index in [-0.39, 0.29) is 18.4 Å². The molecule has 0 spiro atoms. The second-order valence-corrected chi connectivity index (χ2v) is 5.18. The van der Waals surface area contributed by atoms with Gasteiger partial charge in [0.1, 0.15) is 6.07 Å². The average Bonchev–Trinajstić information content (AvgIpc) is 2.46. The number of anilines is 1. The number of rotatable bonds is 5. The van der Waals surface area contributed by atoms with Crippen LogP contribution in [0.3, 0.4) is 0 Å². The zero-order valence-corrected chi connectivity index (χ0v) is 12.8. The highest BCUT2D eigenvalue weighted by molar-refractivity contribution is 5.94. The van der Waals surface area contributed by atoms with Crippen molar-refractivity contribution < 1.29 is 14.5 Å². The molecule has 6 nitrogen and oxygen atoms in total. The van der Waals surface area contributed by atoms with E-state index < -0.39 is 6.04 Å². The largest absolute Gasteiger partial charge is 0.344 e. The van der Waals surface area contributed by atoms with Crippen molar-refractivity contribution in [2.75, 3.05) is 33.0 Å². The van der Waals surface area contributed by atoms with Crippen LogP contribution >= 0.6 is 0 Å². The van der Waals surface area contributed by atoms with Gasteiger partial charge in [0, 0.05) is 14.1 Å². The Bertz CT molecular complexity index is 563. The molecule has 0 saturated carbocycles. The molecule has 0 saturated heterocycles. The topological polar surface area (TPSA) is 77.6 Å². The molecule has 2 N–H and O–H groups in total. The van der Waals surface area contributed by atoms with Crippen LogP contribution in [0.25, 0.3) is 0 Å². The zero-order valence-electron chi connectivity index (χ0n) is 12.8. The predicted octanol–water partition coefficient (Wildman–Crippen LogP) is -0.512. The van der Waals surface area contributed by atoms with Crippen molar-refractivity contribution in [2.24, 2.45) is 0 Å². The van der Waals surface area contributed by atoms with Gasteiger partial charge in [-0.3, -0.25) is 9.59 Å². The first-order valence-electron chi connectivity index (χ1n) is 6.69. The molecule has 2 atom stereocenters. The first-order valence-corrected chi connectivity index (χ1v) is 6.69. The molecule has 0 heterocycles. The van der Waals surface area contributed by atoms with Crippen LogP contribution in [0.4, 0.5) is 5.69 Å². The molecular weight excluding hydrogens is 268 g/mol. The minimum Gasteiger partial charge on any atom is -0.344 e. The molecule has 112 valence electrons. The van der Waals surface area contributed by atoms with E-state index in [0.29, 0.717) is 11.3 Å². The molecule has 6 heteroatoms. The Labute approximate surface area is 125 Å². The zero-order chi connectivity index (χ0) is 16.0. The van der Waals surface area contributed by atoms with Gasteiger partial charge in [-0.15, -0.1) is 0 Å². The molecule has 0 aliphatic carbocycles. The molecule has 2 amide bonds. The van der Waals surface area contributed by atoms with Crippen molar-refractivity contribution in [3.8, 4) is 6.07 Å². The van der Waals surface area contributed by atoms with Crippen molar-refractivity contribution in [3.05, 3.63) is 29.8 Å². The van der Waals surface area contributed by atoms with E-state index in [0.717, 1.165) is 4.90 Å². The lowest BCUT2D eigenvalue weighted by atomic mass is 10.2. The van der Waals surface area contributed by atoms with Gasteiger partial charge in [0.05, 0.1) is 18.3 Å². The maximum Gasteiger partial charge on any atom is 0.282 e. The third-order valence-corrected chi connectivity index (χ3v) is 3.37. The number of likely N-dealkylation sites (N-methyl/N-ethyl adjacent to an activating group) is 2. The van der Waals surface area contributed by atoms with Gasteiger partial charge in [0.15, 0.2) is 12.6 Å². The Hall–Kier alpha value is -2.39. The summed E-state index contributed by atoms with van der Waals surface area (Å²) in [5.41, 5.74) is 0.906. The van der Waals surface area contributed by atoms with Gasteiger partial charge in [-0.1, -0.05) is 12.1 Å². The van der Waals surface area contributed by atoms with E-state index in [9.17, 15) is 9.59 Å². The maximum absolute atomic E-state index is 12.2. The molecule has 0 aliphatic rings. The molecule has 21 heavy (non-hydrogen) atoms. The van der Waals surface area contributed by atoms with Crippen molar-refractivity contribution in [3.63, 3.8) is 0 Å². The highest BCUT2D eigenvalue weighted by Gasteiger charge is 2.25. The summed E-state index contributed by atoms with van der Waals surface area (Å²) in [4.78, 5) is 26.2. The second-order valence-electron chi connectivity index (χ2n) is 5.18. The summed E-state index contributed by atoms with van der Waals surface area (Å²) in [6, 6.07) is 8.46. The standard InChI is InChI=1S/C15H20N4O2/c1-11(19(4)10-14(20)18(2)3)15(21)17-13-8-6-5-7-12(13)9-16/h5-8,11H,10H2,1-4H3,(H,17,21)/p+1/t11-/m0/s1. The van der Waals surface area contributed by atoms with Crippen LogP contribution in [0.2, 0.25) is 0 Å². The predicted molar refractivity (Wildman–Crippen MR) is 79.7 cm³/mol. The highest BCUT2D eigenvalue weighted by Crippen LogP contribution is 2.13. The number of hydrogen-bond acceptors (Lipinski definition) is 3. The minimum absolute atomic E-state index is 0.0374. The van der Waals surface area contributed by atoms with Gasteiger partial charge < -0.3 is 15.1 Å². The molecule has 0 fully saturated rings. The maximum atomic E-state index is 12.2. The SMILES string of the molecule is C[C@@H](C(=O)Nc1ccccc1C#N)[NH+](C)CC(=O)N(C)C. The average molecular weight is 289 g/mol. The van der Waals surface area contributed by atoms with Crippen LogP contribution < -0.4 is 10.2 Å². The Morgan fingerprint density at radius 1 is 1.38 bits per heavy atom. The Balaban J connectivity index is 2.71. The number of nitrogens with one attached hydrogen (secondary N) is 2. The number of nitriles is 1. The summed E-state index contributed by atoms with van der Waals surface area (Å²) >= 11 is 0. The van der Waals surface area contributed by atoms with E-state index in [1.807, 2.05) is 6.07 Å². The summed E-state index contributed by atoms with van der Waals surface area (Å²) in [7, 11) is 5.16. The fraction of sp³-hybridized carbons (Fsp3) is 0.400. The molecule has 1 rings (SSSR count). The highest BCUT2D eigenvalue weighted by atomic mass is 16.2. The minimum atomic E-state index is -0.402. The van der Waals surface area contributed by atoms with Crippen LogP contribution in [0, 0.1) is 11.3 Å². The first kappa shape index (κ1) is 16.7. The monoisotopic (exact) mass is 289 g/mol. The normalized spacial score (nSPS) is 12.9. The lowest BCUT2D eigenvalue weighted by Crippen LogP contribution is -3.15. The molecule has 0 aromatic heterocycles. The van der Waals surface area contributed by atoms with Gasteiger partial charge in [-0.25, -0.2) is 0 Å². The summed E-state index contributed by atoms with van der Waals surface area (Å²) in [6.07, 6.45) is 0. The molecule has 1 aromatic rings. The number of quaternary nitrogens is 1. The third-order valence-electron chi connectivity index (χ3n) is 3.37. The quantitative estimate of drug-likeness (QED) is 0.766. The number of hydrogen-bond donors (Lipinski definition) is 2. The van der Waals surface area contributed by atoms with Crippen LogP contribution in [0.5, 0.6) is 0 Å². The van der Waals surface area contributed by atoms with E-state index >= 15 is 0 Å². The Kier molecular flexibility index (Phi) is 5.88. The van der Waals surface area contributed by atoms with Crippen LogP contribution in [0.1, 0.15) is 12.5 Å². The number of carbonyl (C=O) groups excluding carboxylic acids is 2. The van der Waals surface area contributed by atoms with Gasteiger partial charge in [-0.05, 0) is 19.1 Å². The lowest BCUT2D eigenvalue weighted by Gasteiger charge is -2.22. The van der Waals surface area contributed by atoms with Crippen molar-refractivity contribution >= 4 is 17.5 Å². The summed E-state index contributed by atoms with van der Waals surface area (Å²) in [6.45, 7) is 1.99. The Morgan fingerprint density at radius 3 is 2.57 bits per heavy atom. The van der Waals surface area contributed by atoms with E-state index in [1.54, 1.807) is 52.3 Å². The van der Waals surface area contributed by atoms with Crippen LogP contribution in [0.15, 0.2) is 24.3 Å². The first-order chi connectivity index (χ1) is 9.86. The molecule has 0 aliphatic heterocycles. The van der Waals surface area contributed by atoms with Gasteiger partial charge in [0.25, 0.3) is 11.8 Å². The van der Waals surface area contributed by atoms with Gasteiger partial charge in [0.2, 0.25) is 0 Å². The summed E-state index contributed by atoms with van der Waals surface area (Å²) in [5, 5.41) is 11.7. The van der Waals surface area contributed by atoms with E-state index in [1.165, 1.54) is 4.90 Å². The second kappa shape index (κ2) is 7.41. The molecule has 0 bridgehead atoms. The molecule has 1 aromatic carbocycles. The number of para-hydroxylation sites is 1. The van der Waals surface area contributed by atoms with E-state index in [4.69, 9.17) is 5.26 Å². The van der Waals surface area contributed by atoms with Crippen molar-refractivity contribution in [1.29, 1.82) is 5.26 Å². The molecule has 0 radical (unpaired) electrons. The number of nitrogens with zero attached hydrogens (tertiary/aromatic N) is 2. The number of amides is 2. The van der Waals surface area contributed by atoms with Crippen LogP contribution in [-0.4, -0.2) is 50.4 Å². The van der Waals surface area contributed by atoms with Crippen molar-refractivity contribution in [2.45, 2.75) is 13.0 Å². The van der Waals surface area contributed by atoms with Gasteiger partial charge in [-0.2, -0.15) is 5.26 Å². The lowest BCUT2D eigenvalue weighted by molar-refractivity contribution is -0.886. The summed E-state index contributed by atoms with van der Waals surface area (Å²) < 4.78 is 0. The summed E-state index contributed by atoms with van der Waals surface area (Å²) in [5.74, 6) is -0.258. The van der Waals surface area contributed by atoms with Crippen molar-refractivity contribution in [1.82, 2.24) is 4.90 Å². The smallest absolute Gasteiger partial charge is 0.282 e. The molecule has 1 unspecified atom stereocenters. The molecular formula is C15H21N4O2+. The third kappa shape index (κ3) is 4.58. The van der Waals surface area contributed by atoms with Gasteiger partial charge >= 0.3 is 0 Å². The van der Waals surface area contributed by atoms with Crippen LogP contribution in [-0.2, 0) is 9.59 Å². The van der Waals surface area contributed by atoms with E-state index in [2.05, 4.69) is 5.32 Å². The fourth-order valence-corrected chi connectivity index (χ4v) is 1.70. The Morgan fingerprint density at radius 2 is 2.00 bits per heavy atom. The number of benzene rings is 1. The fourth-order valence-electron chi connectivity index (χ4n) is 1.70.